The average molecular weight is 1110 g/mol. The van der Waals surface area contributed by atoms with Crippen LogP contribution in [0.25, 0.3) is 22.1 Å². The second-order valence-corrected chi connectivity index (χ2v) is 32.2. The summed E-state index contributed by atoms with van der Waals surface area (Å²) in [5, 5.41) is 1.22. The van der Waals surface area contributed by atoms with Crippen LogP contribution in [-0.2, 0) is 37.9 Å². The highest BCUT2D eigenvalue weighted by atomic mass is 16.3. The maximum atomic E-state index is 7.88. The maximum absolute atomic E-state index is 7.88. The largest absolute Gasteiger partial charge is 0.468 e. The van der Waals surface area contributed by atoms with Gasteiger partial charge in [-0.2, -0.15) is 0 Å². The van der Waals surface area contributed by atoms with Gasteiger partial charge in [-0.15, -0.1) is 0 Å². The molecule has 4 heterocycles. The molecule has 7 aromatic carbocycles. The zero-order chi connectivity index (χ0) is 59.0. The van der Waals surface area contributed by atoms with E-state index in [1.807, 2.05) is 0 Å². The van der Waals surface area contributed by atoms with Crippen LogP contribution < -0.4 is 31.3 Å². The molecule has 1 aromatic heterocycles. The Morgan fingerprint density at radius 1 is 0.429 bits per heavy atom. The van der Waals surface area contributed by atoms with Gasteiger partial charge in [-0.1, -0.05) is 151 Å². The van der Waals surface area contributed by atoms with Crippen LogP contribution >= 0.6 is 0 Å². The molecule has 0 spiro atoms. The molecule has 84 heavy (non-hydrogen) atoms. The standard InChI is InChI=1S/C79H90BN3O/c1-47-37-49(3)68-64(38-47)83(79(17)30-22-21-29-78(68,79)16)52-26-28-61-63(42-52)82(62-45-59-57(74(8,9)33-35-76(59,12)13)43-53(62)50-23-19-18-20-24-50)66-40-48(2)39-65-69(66)80(61)71-70(54-44-58-60(46-67(54)84-71)77(14,15)36-34-75(58,10)11)81(65)51-25-27-55-56(41-51)73(6,7)32-31-72(55,4)5/h18-20,23-28,37-46H,21-22,29-36H2,1-17H3. The van der Waals surface area contributed by atoms with Crippen LogP contribution in [0.4, 0.5) is 45.5 Å². The Balaban J connectivity index is 1.08. The lowest BCUT2D eigenvalue weighted by atomic mass is 9.35. The number of fused-ring (bicyclic) bond motifs is 12. The van der Waals surface area contributed by atoms with Crippen molar-refractivity contribution in [2.45, 2.75) is 225 Å². The van der Waals surface area contributed by atoms with Gasteiger partial charge in [-0.25, -0.2) is 0 Å². The molecule has 4 nitrogen and oxygen atoms in total. The van der Waals surface area contributed by atoms with Crippen molar-refractivity contribution in [3.63, 3.8) is 0 Å². The van der Waals surface area contributed by atoms with Crippen LogP contribution in [0.1, 0.15) is 217 Å². The molecule has 5 heteroatoms. The van der Waals surface area contributed by atoms with E-state index in [-0.39, 0.29) is 50.2 Å². The van der Waals surface area contributed by atoms with Gasteiger partial charge in [-0.3, -0.25) is 0 Å². The summed E-state index contributed by atoms with van der Waals surface area (Å²) in [5.41, 5.74) is 31.6. The summed E-state index contributed by atoms with van der Waals surface area (Å²) in [4.78, 5) is 8.27. The van der Waals surface area contributed by atoms with Crippen molar-refractivity contribution in [2.75, 3.05) is 14.7 Å². The molecule has 8 aromatic rings. The topological polar surface area (TPSA) is 22.9 Å². The third kappa shape index (κ3) is 7.38. The highest BCUT2D eigenvalue weighted by molar-refractivity contribution is 7.00. The number of rotatable bonds is 4. The van der Waals surface area contributed by atoms with Crippen LogP contribution in [0, 0.1) is 20.8 Å². The monoisotopic (exact) mass is 1110 g/mol. The summed E-state index contributed by atoms with van der Waals surface area (Å²) in [5.74, 6) is 0. The van der Waals surface area contributed by atoms with Gasteiger partial charge in [0.25, 0.3) is 6.71 Å². The molecule has 430 valence electrons. The van der Waals surface area contributed by atoms with Crippen molar-refractivity contribution in [2.24, 2.45) is 0 Å². The lowest BCUT2D eigenvalue weighted by molar-refractivity contribution is 0.194. The fourth-order valence-electron chi connectivity index (χ4n) is 18.5. The summed E-state index contributed by atoms with van der Waals surface area (Å²) in [7, 11) is 0. The third-order valence-electron chi connectivity index (χ3n) is 23.9. The minimum atomic E-state index is -0.181. The molecular weight excluding hydrogens is 1020 g/mol. The van der Waals surface area contributed by atoms with Crippen LogP contribution in [0.5, 0.6) is 0 Å². The number of anilines is 8. The normalized spacial score (nSPS) is 23.9. The Morgan fingerprint density at radius 3 is 1.62 bits per heavy atom. The summed E-state index contributed by atoms with van der Waals surface area (Å²) < 4.78 is 7.88. The van der Waals surface area contributed by atoms with Gasteiger partial charge in [0.15, 0.2) is 0 Å². The summed E-state index contributed by atoms with van der Waals surface area (Å²) in [6, 6.07) is 47.0. The Bertz CT molecular complexity index is 4150. The maximum Gasteiger partial charge on any atom is 0.297 e. The number of nitrogens with zero attached hydrogens (tertiary/aromatic N) is 3. The molecule has 1 fully saturated rings. The Labute approximate surface area is 503 Å². The predicted molar refractivity (Wildman–Crippen MR) is 359 cm³/mol. The Hall–Kier alpha value is -6.46. The highest BCUT2D eigenvalue weighted by Gasteiger charge is 2.59. The van der Waals surface area contributed by atoms with E-state index in [0.29, 0.717) is 0 Å². The molecule has 4 aliphatic carbocycles. The van der Waals surface area contributed by atoms with E-state index in [9.17, 15) is 0 Å². The Kier molecular flexibility index (Phi) is 11.2. The Morgan fingerprint density at radius 2 is 0.964 bits per heavy atom. The van der Waals surface area contributed by atoms with E-state index in [2.05, 4.69) is 248 Å². The average Bonchev–Trinajstić information content (AvgIpc) is 1.40. The van der Waals surface area contributed by atoms with Crippen LogP contribution in [0.15, 0.2) is 120 Å². The lowest BCUT2D eigenvalue weighted by Gasteiger charge is -2.51. The fourth-order valence-corrected chi connectivity index (χ4v) is 18.5. The number of hydrogen-bond acceptors (Lipinski definition) is 4. The van der Waals surface area contributed by atoms with Crippen molar-refractivity contribution >= 4 is 79.8 Å². The van der Waals surface area contributed by atoms with Crippen molar-refractivity contribution < 1.29 is 4.42 Å². The first-order chi connectivity index (χ1) is 39.6. The van der Waals surface area contributed by atoms with E-state index in [0.717, 1.165) is 49.8 Å². The van der Waals surface area contributed by atoms with Gasteiger partial charge in [0.05, 0.1) is 22.6 Å². The van der Waals surface area contributed by atoms with E-state index in [1.54, 1.807) is 5.56 Å². The molecule has 7 aliphatic rings. The molecular formula is C79H90BN3O. The van der Waals surface area contributed by atoms with Crippen molar-refractivity contribution in [1.82, 2.24) is 0 Å². The highest BCUT2D eigenvalue weighted by Crippen LogP contribution is 2.63. The van der Waals surface area contributed by atoms with E-state index < -0.39 is 0 Å². The molecule has 0 bridgehead atoms. The molecule has 15 rings (SSSR count). The predicted octanol–water partition coefficient (Wildman–Crippen LogP) is 19.9. The van der Waals surface area contributed by atoms with Gasteiger partial charge in [-0.05, 0) is 250 Å². The summed E-state index contributed by atoms with van der Waals surface area (Å²) in [6.07, 6.45) is 11.8. The minimum absolute atomic E-state index is 0.00385. The molecule has 1 saturated carbocycles. The third-order valence-corrected chi connectivity index (χ3v) is 23.9. The zero-order valence-corrected chi connectivity index (χ0v) is 53.9. The summed E-state index contributed by atoms with van der Waals surface area (Å²) >= 11 is 0. The van der Waals surface area contributed by atoms with Gasteiger partial charge in [0, 0.05) is 50.5 Å². The van der Waals surface area contributed by atoms with E-state index in [4.69, 9.17) is 4.42 Å². The molecule has 0 amide bonds. The van der Waals surface area contributed by atoms with Gasteiger partial charge >= 0.3 is 0 Å². The molecule has 3 aliphatic heterocycles. The first-order valence-corrected chi connectivity index (χ1v) is 32.4. The van der Waals surface area contributed by atoms with Crippen molar-refractivity contribution in [3.8, 4) is 11.1 Å². The van der Waals surface area contributed by atoms with Crippen LogP contribution in [0.2, 0.25) is 0 Å². The lowest BCUT2D eigenvalue weighted by Crippen LogP contribution is -2.61. The quantitative estimate of drug-likeness (QED) is 0.164. The number of benzene rings is 7. The molecule has 0 saturated heterocycles. The van der Waals surface area contributed by atoms with E-state index >= 15 is 0 Å². The van der Waals surface area contributed by atoms with Crippen LogP contribution in [0.3, 0.4) is 0 Å². The molecule has 2 unspecified atom stereocenters. The second kappa shape index (κ2) is 17.4. The first-order valence-electron chi connectivity index (χ1n) is 32.4. The minimum Gasteiger partial charge on any atom is -0.468 e. The molecule has 0 N–H and O–H groups in total. The number of furan rings is 1. The smallest absolute Gasteiger partial charge is 0.297 e. The molecule has 0 radical (unpaired) electrons. The van der Waals surface area contributed by atoms with Gasteiger partial charge in [0.1, 0.15) is 5.58 Å². The zero-order valence-electron chi connectivity index (χ0n) is 53.9. The SMILES string of the molecule is Cc1cc2c3c(c1)N(c1ccc4c(c1)C(C)(C)CCC4(C)C)c1c(oc4cc5c(cc14)C(C)(C)CCC5(C)C)B3c1ccc(N3c4cc(C)cc(C)c4C4(C)CCCCC34C)cc1N2c1cc2c(cc1-c1ccccc1)C(C)(C)CCC2(C)C. The number of aryl methyl sites for hydroxylation is 3. The van der Waals surface area contributed by atoms with Crippen molar-refractivity contribution in [3.05, 3.63) is 171 Å². The number of hydrogen-bond donors (Lipinski definition) is 0. The summed E-state index contributed by atoms with van der Waals surface area (Å²) in [6.45, 7) is 41.8. The first kappa shape index (κ1) is 54.2. The van der Waals surface area contributed by atoms with Crippen molar-refractivity contribution in [1.29, 1.82) is 0 Å². The molecule has 2 atom stereocenters. The fraction of sp³-hybridized carbons (Fsp3) is 0.443. The van der Waals surface area contributed by atoms with Gasteiger partial charge < -0.3 is 19.1 Å². The van der Waals surface area contributed by atoms with Crippen LogP contribution in [-0.4, -0.2) is 12.3 Å². The van der Waals surface area contributed by atoms with Gasteiger partial charge in [0.2, 0.25) is 0 Å². The second-order valence-electron chi connectivity index (χ2n) is 32.2. The van der Waals surface area contributed by atoms with E-state index in [1.165, 1.54) is 149 Å².